The molecule has 630 valence electrons. The number of phosphoric ester groups is 2. The summed E-state index contributed by atoms with van der Waals surface area (Å²) in [6.45, 7) is 7.41. The number of unbranched alkanes of at least 4 members (excludes halogenated alkanes) is 59. The van der Waals surface area contributed by atoms with Crippen molar-refractivity contribution < 1.29 is 80.2 Å². The van der Waals surface area contributed by atoms with Crippen LogP contribution in [0.25, 0.3) is 0 Å². The predicted octanol–water partition coefficient (Wildman–Crippen LogP) is 26.8. The van der Waals surface area contributed by atoms with E-state index in [1.54, 1.807) is 0 Å². The number of carbonyl (C=O) groups is 4. The highest BCUT2D eigenvalue weighted by Crippen LogP contribution is 2.45. The molecule has 0 spiro atoms. The average Bonchev–Trinajstić information content (AvgIpc) is 0.902. The van der Waals surface area contributed by atoms with Crippen molar-refractivity contribution in [2.75, 3.05) is 39.6 Å². The van der Waals surface area contributed by atoms with Crippen LogP contribution in [0, 0.1) is 5.92 Å². The molecule has 0 saturated carbocycles. The van der Waals surface area contributed by atoms with Crippen molar-refractivity contribution in [2.45, 2.75) is 490 Å². The number of ether oxygens (including phenoxy) is 4. The second kappa shape index (κ2) is 79.7. The number of hydrogen-bond donors (Lipinski definition) is 3. The van der Waals surface area contributed by atoms with Gasteiger partial charge in [0.1, 0.15) is 19.3 Å². The van der Waals surface area contributed by atoms with Crippen LogP contribution in [0.15, 0.2) is 0 Å². The number of aliphatic hydroxyl groups excluding tert-OH is 1. The molecule has 0 aliphatic carbocycles. The summed E-state index contributed by atoms with van der Waals surface area (Å²) in [6, 6.07) is 0. The summed E-state index contributed by atoms with van der Waals surface area (Å²) in [7, 11) is -9.93. The third-order valence-electron chi connectivity index (χ3n) is 20.5. The van der Waals surface area contributed by atoms with Crippen molar-refractivity contribution in [1.82, 2.24) is 0 Å². The zero-order valence-electron chi connectivity index (χ0n) is 69.6. The maximum absolute atomic E-state index is 13.2. The van der Waals surface area contributed by atoms with Gasteiger partial charge in [-0.25, -0.2) is 9.13 Å². The maximum Gasteiger partial charge on any atom is 0.472 e. The largest absolute Gasteiger partial charge is 0.472 e. The molecular formula is C87H170O17P2. The molecular weight excluding hydrogens is 1380 g/mol. The van der Waals surface area contributed by atoms with Crippen LogP contribution >= 0.6 is 15.6 Å². The van der Waals surface area contributed by atoms with Gasteiger partial charge in [0.25, 0.3) is 0 Å². The fourth-order valence-corrected chi connectivity index (χ4v) is 15.2. The van der Waals surface area contributed by atoms with Crippen LogP contribution in [0.5, 0.6) is 0 Å². The standard InChI is InChI=1S/C87H170O17P2/c1-6-9-12-15-18-21-24-27-29-31-33-37-41-46-51-56-61-66-71-85(90)98-77-83(104-87(92)73-68-63-58-53-48-43-39-35-34-36-40-44-49-54-59-64-69-80(4)5)79-102-106(95,96)100-75-81(88)74-99-105(93,94)101-78-82(76-97-84(89)70-65-60-55-50-45-26-23-20-17-14-11-8-3)103-86(91)72-67-62-57-52-47-42-38-32-30-28-25-22-19-16-13-10-7-2/h80-83,88H,6-79H2,1-5H3,(H,93,94)(H,95,96)/t81-,82+,83+/m0/s1. The first-order valence-corrected chi connectivity index (χ1v) is 48.1. The fourth-order valence-electron chi connectivity index (χ4n) is 13.6. The predicted molar refractivity (Wildman–Crippen MR) is 437 cm³/mol. The van der Waals surface area contributed by atoms with Gasteiger partial charge < -0.3 is 33.8 Å². The van der Waals surface area contributed by atoms with Crippen molar-refractivity contribution >= 4 is 39.5 Å². The number of phosphoric acid groups is 2. The van der Waals surface area contributed by atoms with Crippen molar-refractivity contribution in [3.05, 3.63) is 0 Å². The first-order valence-electron chi connectivity index (χ1n) is 45.1. The Morgan fingerprint density at radius 3 is 0.642 bits per heavy atom. The number of esters is 4. The number of hydrogen-bond acceptors (Lipinski definition) is 15. The molecule has 0 amide bonds. The van der Waals surface area contributed by atoms with Crippen LogP contribution < -0.4 is 0 Å². The van der Waals surface area contributed by atoms with Crippen molar-refractivity contribution in [2.24, 2.45) is 5.92 Å². The van der Waals surface area contributed by atoms with Gasteiger partial charge in [-0.3, -0.25) is 37.3 Å². The van der Waals surface area contributed by atoms with Gasteiger partial charge in [0.15, 0.2) is 12.2 Å². The number of carbonyl (C=O) groups excluding carboxylic acids is 4. The molecule has 0 aromatic heterocycles. The van der Waals surface area contributed by atoms with Crippen LogP contribution in [0.2, 0.25) is 0 Å². The van der Waals surface area contributed by atoms with Gasteiger partial charge >= 0.3 is 39.5 Å². The van der Waals surface area contributed by atoms with E-state index in [4.69, 9.17) is 37.0 Å². The first kappa shape index (κ1) is 104. The van der Waals surface area contributed by atoms with Gasteiger partial charge in [0.2, 0.25) is 0 Å². The molecule has 3 N–H and O–H groups in total. The second-order valence-corrected chi connectivity index (χ2v) is 34.7. The van der Waals surface area contributed by atoms with Gasteiger partial charge in [0.05, 0.1) is 26.4 Å². The highest BCUT2D eigenvalue weighted by molar-refractivity contribution is 7.47. The molecule has 0 aliphatic heterocycles. The molecule has 17 nitrogen and oxygen atoms in total. The van der Waals surface area contributed by atoms with E-state index < -0.39 is 97.5 Å². The van der Waals surface area contributed by atoms with Crippen LogP contribution in [0.1, 0.15) is 471 Å². The molecule has 0 aromatic rings. The van der Waals surface area contributed by atoms with E-state index in [2.05, 4.69) is 34.6 Å². The van der Waals surface area contributed by atoms with E-state index in [1.807, 2.05) is 0 Å². The summed E-state index contributed by atoms with van der Waals surface area (Å²) in [6.07, 6.45) is 73.5. The lowest BCUT2D eigenvalue weighted by Gasteiger charge is -2.21. The van der Waals surface area contributed by atoms with Crippen LogP contribution in [0.4, 0.5) is 0 Å². The summed E-state index contributed by atoms with van der Waals surface area (Å²) >= 11 is 0. The SMILES string of the molecule is CCCCCCCCCCCCCCCCCCCCC(=O)OC[C@H](COP(=O)(O)OC[C@@H](O)COP(=O)(O)OC[C@@H](COC(=O)CCCCCCCCCCCCCC)OC(=O)CCCCCCCCCCCCCCCCCCC)OC(=O)CCCCCCCCCCCCCCCCCCC(C)C. The van der Waals surface area contributed by atoms with E-state index in [0.29, 0.717) is 25.7 Å². The number of rotatable bonds is 87. The topological polar surface area (TPSA) is 237 Å². The molecule has 0 radical (unpaired) electrons. The lowest BCUT2D eigenvalue weighted by atomic mass is 10.0. The Balaban J connectivity index is 5.25. The van der Waals surface area contributed by atoms with Gasteiger partial charge in [-0.15, -0.1) is 0 Å². The Bertz CT molecular complexity index is 2010. The summed E-state index contributed by atoms with van der Waals surface area (Å²) in [5.41, 5.74) is 0. The summed E-state index contributed by atoms with van der Waals surface area (Å²) in [5.74, 6) is -1.29. The van der Waals surface area contributed by atoms with Crippen LogP contribution in [0.3, 0.4) is 0 Å². The molecule has 19 heteroatoms. The monoisotopic (exact) mass is 1550 g/mol. The minimum Gasteiger partial charge on any atom is -0.462 e. The van der Waals surface area contributed by atoms with E-state index in [0.717, 1.165) is 95.8 Å². The molecule has 106 heavy (non-hydrogen) atoms. The molecule has 0 heterocycles. The van der Waals surface area contributed by atoms with Crippen LogP contribution in [-0.4, -0.2) is 96.7 Å². The normalized spacial score (nSPS) is 13.7. The molecule has 2 unspecified atom stereocenters. The van der Waals surface area contributed by atoms with Gasteiger partial charge in [-0.1, -0.05) is 420 Å². The van der Waals surface area contributed by atoms with Crippen LogP contribution in [-0.2, 0) is 65.4 Å². The fraction of sp³-hybridized carbons (Fsp3) is 0.954. The minimum atomic E-state index is -4.97. The van der Waals surface area contributed by atoms with E-state index in [1.165, 1.54) is 295 Å². The smallest absolute Gasteiger partial charge is 0.462 e. The van der Waals surface area contributed by atoms with Gasteiger partial charge in [-0.05, 0) is 31.6 Å². The van der Waals surface area contributed by atoms with Crippen molar-refractivity contribution in [3.63, 3.8) is 0 Å². The van der Waals surface area contributed by atoms with E-state index in [9.17, 15) is 43.2 Å². The van der Waals surface area contributed by atoms with Gasteiger partial charge in [0, 0.05) is 25.7 Å². The quantitative estimate of drug-likeness (QED) is 0.0222. The molecule has 0 fully saturated rings. The molecule has 5 atom stereocenters. The Labute approximate surface area is 651 Å². The second-order valence-electron chi connectivity index (χ2n) is 31.8. The summed E-state index contributed by atoms with van der Waals surface area (Å²) in [4.78, 5) is 73.3. The van der Waals surface area contributed by atoms with E-state index in [-0.39, 0.29) is 25.7 Å². The van der Waals surface area contributed by atoms with Crippen molar-refractivity contribution in [1.29, 1.82) is 0 Å². The lowest BCUT2D eigenvalue weighted by Crippen LogP contribution is -2.30. The Morgan fingerprint density at radius 2 is 0.434 bits per heavy atom. The number of aliphatic hydroxyl groups is 1. The minimum absolute atomic E-state index is 0.109. The van der Waals surface area contributed by atoms with E-state index >= 15 is 0 Å². The van der Waals surface area contributed by atoms with Crippen molar-refractivity contribution in [3.8, 4) is 0 Å². The molecule has 0 aromatic carbocycles. The maximum atomic E-state index is 13.2. The Morgan fingerprint density at radius 1 is 0.255 bits per heavy atom. The average molecular weight is 1550 g/mol. The Hall–Kier alpha value is -1.94. The molecule has 0 rings (SSSR count). The highest BCUT2D eigenvalue weighted by atomic mass is 31.2. The molecule has 0 saturated heterocycles. The zero-order chi connectivity index (χ0) is 77.6. The summed E-state index contributed by atoms with van der Waals surface area (Å²) < 4.78 is 69.0. The van der Waals surface area contributed by atoms with Gasteiger partial charge in [-0.2, -0.15) is 0 Å². The lowest BCUT2D eigenvalue weighted by molar-refractivity contribution is -0.161. The first-order chi connectivity index (χ1) is 51.5. The Kier molecular flexibility index (Phi) is 78.2. The molecule has 0 bridgehead atoms. The highest BCUT2D eigenvalue weighted by Gasteiger charge is 2.30. The zero-order valence-corrected chi connectivity index (χ0v) is 71.4. The third-order valence-corrected chi connectivity index (χ3v) is 22.4. The molecule has 0 aliphatic rings. The third kappa shape index (κ3) is 80.1. The summed E-state index contributed by atoms with van der Waals surface area (Å²) in [5, 5.41) is 10.7.